The lowest BCUT2D eigenvalue weighted by Crippen LogP contribution is -2.30. The molecule has 0 bridgehead atoms. The summed E-state index contributed by atoms with van der Waals surface area (Å²) in [4.78, 5) is 28.5. The lowest BCUT2D eigenvalue weighted by Gasteiger charge is -1.98. The molecule has 1 rings (SSSR count). The van der Waals surface area contributed by atoms with Gasteiger partial charge in [0.1, 0.15) is 12.4 Å². The van der Waals surface area contributed by atoms with Crippen molar-refractivity contribution in [2.45, 2.75) is 78.2 Å². The fourth-order valence-electron chi connectivity index (χ4n) is 2.10. The molecule has 0 aliphatic carbocycles. The van der Waals surface area contributed by atoms with Crippen molar-refractivity contribution in [1.82, 2.24) is 4.57 Å². The van der Waals surface area contributed by atoms with Gasteiger partial charge in [0.25, 0.3) is 0 Å². The molecule has 156 valence electrons. The number of imidazole rings is 1. The maximum atomic E-state index is 9.79. The molecule has 0 aliphatic rings. The van der Waals surface area contributed by atoms with Gasteiger partial charge in [0, 0.05) is 18.8 Å². The van der Waals surface area contributed by atoms with E-state index >= 15 is 0 Å². The van der Waals surface area contributed by atoms with E-state index in [2.05, 4.69) is 41.8 Å². The van der Waals surface area contributed by atoms with Crippen molar-refractivity contribution < 1.29 is 34.3 Å². The maximum absolute atomic E-state index is 9.79. The Balaban J connectivity index is 0. The molecule has 0 atom stereocenters. The van der Waals surface area contributed by atoms with Crippen LogP contribution in [0.1, 0.15) is 71.6 Å². The van der Waals surface area contributed by atoms with E-state index in [1.807, 2.05) is 0 Å². The minimum absolute atomic E-state index is 0.0632. The Kier molecular flexibility index (Phi) is 18.3. The first-order valence-corrected chi connectivity index (χ1v) is 9.31. The van der Waals surface area contributed by atoms with Gasteiger partial charge in [-0.2, -0.15) is 0 Å². The zero-order valence-electron chi connectivity index (χ0n) is 16.7. The molecule has 0 aliphatic heterocycles. The van der Waals surface area contributed by atoms with E-state index in [9.17, 15) is 9.59 Å². The fraction of sp³-hybridized carbons (Fsp3) is 0.684. The monoisotopic (exact) mass is 386 g/mol. The van der Waals surface area contributed by atoms with Crippen molar-refractivity contribution in [2.24, 2.45) is 7.05 Å². The van der Waals surface area contributed by atoms with Gasteiger partial charge in [-0.25, -0.2) is 9.13 Å². The van der Waals surface area contributed by atoms with Crippen LogP contribution >= 0.6 is 0 Å². The summed E-state index contributed by atoms with van der Waals surface area (Å²) in [7, 11) is 2.07. The highest BCUT2D eigenvalue weighted by Gasteiger charge is 2.00. The summed E-state index contributed by atoms with van der Waals surface area (Å²) in [6.45, 7) is 4.41. The van der Waals surface area contributed by atoms with Gasteiger partial charge in [0.2, 0.25) is 6.33 Å². The van der Waals surface area contributed by atoms with Crippen molar-refractivity contribution >= 4 is 17.9 Å². The Morgan fingerprint density at radius 3 is 1.85 bits per heavy atom. The van der Waals surface area contributed by atoms with E-state index in [-0.39, 0.29) is 19.3 Å². The number of aryl methyl sites for hydroxylation is 2. The van der Waals surface area contributed by atoms with Crippen LogP contribution in [-0.4, -0.2) is 32.7 Å². The average molecular weight is 386 g/mol. The Morgan fingerprint density at radius 2 is 1.44 bits per heavy atom. The predicted octanol–water partition coefficient (Wildman–Crippen LogP) is 1.76. The Bertz CT molecular complexity index is 510. The maximum Gasteiger partial charge on any atom is 0.303 e. The molecule has 2 N–H and O–H groups in total. The highest BCUT2D eigenvalue weighted by molar-refractivity contribution is 5.69. The second-order valence-electron chi connectivity index (χ2n) is 6.22. The molecule has 0 amide bonds. The van der Waals surface area contributed by atoms with Crippen LogP contribution in [0.3, 0.4) is 0 Å². The fourth-order valence-corrected chi connectivity index (χ4v) is 2.10. The van der Waals surface area contributed by atoms with Crippen LogP contribution in [0.15, 0.2) is 18.7 Å². The zero-order chi connectivity index (χ0) is 21.1. The van der Waals surface area contributed by atoms with Crippen LogP contribution in [0.25, 0.3) is 0 Å². The SMILES string of the molecule is CC(=O)[O-].CCCCCCCC[n+]1ccn(C)c1.O=C(O)CCCC(=O)O. The van der Waals surface area contributed by atoms with Gasteiger partial charge in [0.15, 0.2) is 0 Å². The Hall–Kier alpha value is -2.38. The topological polar surface area (TPSA) is 124 Å². The standard InChI is InChI=1S/C12H23N2.C5H8O4.C2H4O2/c1-3-4-5-6-7-8-9-14-11-10-13(2)12-14;6-4(7)2-1-3-5(8)9;1-2(3)4/h10-12H,3-9H2,1-2H3;1-3H2,(H,6,7)(H,8,9);1H3,(H,3,4)/q+1;;/p-1. The van der Waals surface area contributed by atoms with Crippen molar-refractivity contribution in [3.63, 3.8) is 0 Å². The Morgan fingerprint density at radius 1 is 0.963 bits per heavy atom. The molecule has 27 heavy (non-hydrogen) atoms. The quantitative estimate of drug-likeness (QED) is 0.441. The molecule has 1 heterocycles. The molecule has 0 radical (unpaired) electrons. The molecular weight excluding hydrogens is 352 g/mol. The van der Waals surface area contributed by atoms with E-state index in [1.54, 1.807) is 0 Å². The number of rotatable bonds is 11. The predicted molar refractivity (Wildman–Crippen MR) is 98.8 cm³/mol. The van der Waals surface area contributed by atoms with E-state index < -0.39 is 17.9 Å². The summed E-state index contributed by atoms with van der Waals surface area (Å²) < 4.78 is 4.36. The van der Waals surface area contributed by atoms with E-state index in [0.717, 1.165) is 6.92 Å². The van der Waals surface area contributed by atoms with Crippen LogP contribution in [-0.2, 0) is 28.0 Å². The molecular formula is C19H34N2O6. The molecule has 0 saturated heterocycles. The molecule has 8 heteroatoms. The normalized spacial score (nSPS) is 9.44. The number of carboxylic acid groups (broad SMARTS) is 3. The number of unbranched alkanes of at least 4 members (excludes halogenated alkanes) is 5. The molecule has 8 nitrogen and oxygen atoms in total. The average Bonchev–Trinajstić information content (AvgIpc) is 2.95. The van der Waals surface area contributed by atoms with Crippen molar-refractivity contribution in [2.75, 3.05) is 0 Å². The number of hydrogen-bond acceptors (Lipinski definition) is 4. The van der Waals surface area contributed by atoms with Gasteiger partial charge < -0.3 is 20.1 Å². The minimum atomic E-state index is -1.08. The second kappa shape index (κ2) is 18.4. The van der Waals surface area contributed by atoms with Crippen LogP contribution < -0.4 is 9.67 Å². The third kappa shape index (κ3) is 26.0. The summed E-state index contributed by atoms with van der Waals surface area (Å²) in [5.74, 6) is -2.98. The van der Waals surface area contributed by atoms with Crippen molar-refractivity contribution in [3.8, 4) is 0 Å². The number of carboxylic acids is 3. The van der Waals surface area contributed by atoms with E-state index in [0.29, 0.717) is 0 Å². The first-order valence-electron chi connectivity index (χ1n) is 9.31. The van der Waals surface area contributed by atoms with Gasteiger partial charge in [0.05, 0.1) is 13.6 Å². The molecule has 0 aromatic carbocycles. The summed E-state index contributed by atoms with van der Waals surface area (Å²) in [5.41, 5.74) is 0. The van der Waals surface area contributed by atoms with Gasteiger partial charge >= 0.3 is 11.9 Å². The van der Waals surface area contributed by atoms with Gasteiger partial charge in [-0.15, -0.1) is 0 Å². The lowest BCUT2D eigenvalue weighted by atomic mass is 10.1. The molecule has 0 fully saturated rings. The molecule has 0 saturated carbocycles. The third-order valence-electron chi connectivity index (χ3n) is 3.37. The minimum Gasteiger partial charge on any atom is -0.550 e. The highest BCUT2D eigenvalue weighted by atomic mass is 16.4. The summed E-state index contributed by atoms with van der Waals surface area (Å²) in [6, 6.07) is 0. The van der Waals surface area contributed by atoms with Gasteiger partial charge in [-0.3, -0.25) is 9.59 Å². The van der Waals surface area contributed by atoms with Gasteiger partial charge in [-0.05, 0) is 26.2 Å². The van der Waals surface area contributed by atoms with Crippen molar-refractivity contribution in [3.05, 3.63) is 18.7 Å². The first-order chi connectivity index (χ1) is 12.7. The van der Waals surface area contributed by atoms with Gasteiger partial charge in [-0.1, -0.05) is 32.6 Å². The molecule has 1 aromatic rings. The van der Waals surface area contributed by atoms with Crippen LogP contribution in [0.2, 0.25) is 0 Å². The number of carbonyl (C=O) groups excluding carboxylic acids is 1. The first kappa shape index (κ1) is 26.8. The smallest absolute Gasteiger partial charge is 0.303 e. The van der Waals surface area contributed by atoms with Crippen molar-refractivity contribution in [1.29, 1.82) is 0 Å². The largest absolute Gasteiger partial charge is 0.550 e. The third-order valence-corrected chi connectivity index (χ3v) is 3.37. The van der Waals surface area contributed by atoms with Crippen LogP contribution in [0, 0.1) is 0 Å². The number of nitrogens with zero attached hydrogens (tertiary/aromatic N) is 2. The zero-order valence-corrected chi connectivity index (χ0v) is 16.7. The second-order valence-corrected chi connectivity index (χ2v) is 6.22. The number of hydrogen-bond donors (Lipinski definition) is 2. The van der Waals surface area contributed by atoms with Crippen LogP contribution in [0.5, 0.6) is 0 Å². The molecule has 0 unspecified atom stereocenters. The number of carbonyl (C=O) groups is 3. The summed E-state index contributed by atoms with van der Waals surface area (Å²) in [6.07, 6.45) is 14.7. The lowest BCUT2D eigenvalue weighted by molar-refractivity contribution is -0.696. The number of aliphatic carboxylic acids is 3. The number of aromatic nitrogens is 2. The van der Waals surface area contributed by atoms with E-state index in [4.69, 9.17) is 20.1 Å². The summed E-state index contributed by atoms with van der Waals surface area (Å²) in [5, 5.41) is 25.0. The molecule has 1 aromatic heterocycles. The summed E-state index contributed by atoms with van der Waals surface area (Å²) >= 11 is 0. The molecule has 0 spiro atoms. The van der Waals surface area contributed by atoms with Crippen LogP contribution in [0.4, 0.5) is 0 Å². The Labute approximate surface area is 161 Å². The van der Waals surface area contributed by atoms with E-state index in [1.165, 1.54) is 45.1 Å². The highest BCUT2D eigenvalue weighted by Crippen LogP contribution is 2.04.